The number of benzene rings is 1. The average molecular weight is 495 g/mol. The minimum atomic E-state index is -0.581. The van der Waals surface area contributed by atoms with Crippen LogP contribution in [0.5, 0.6) is 5.75 Å². The van der Waals surface area contributed by atoms with Crippen molar-refractivity contribution in [3.05, 3.63) is 29.8 Å². The van der Waals surface area contributed by atoms with Crippen LogP contribution in [0.15, 0.2) is 24.3 Å². The second-order valence-electron chi connectivity index (χ2n) is 9.60. The Balaban J connectivity index is 1.55. The summed E-state index contributed by atoms with van der Waals surface area (Å²) in [4.78, 5) is 32.3. The van der Waals surface area contributed by atoms with Gasteiger partial charge in [-0.25, -0.2) is 0 Å². The standard InChI is InChI=1S/C22H30N4O3S3/c1-13(2)9-24-11-25(12-31-21(24)30)17(14-5-7-15(27)8-6-14)18(28)23-16-19(29)26-10-22(3,4)32-20(16)26/h5-8,13,16-17,20,27H,9-12H2,1-4H3,(H,23,28). The number of rotatable bonds is 6. The number of thiocarbonyl (C=S) groups is 1. The zero-order valence-electron chi connectivity index (χ0n) is 18.8. The van der Waals surface area contributed by atoms with Gasteiger partial charge in [0.25, 0.3) is 0 Å². The van der Waals surface area contributed by atoms with Crippen molar-refractivity contribution in [3.8, 4) is 5.75 Å². The molecule has 1 aromatic carbocycles. The van der Waals surface area contributed by atoms with Gasteiger partial charge in [0.1, 0.15) is 27.5 Å². The molecule has 3 unspecified atom stereocenters. The van der Waals surface area contributed by atoms with Crippen molar-refractivity contribution in [2.24, 2.45) is 5.92 Å². The molecule has 7 nitrogen and oxygen atoms in total. The lowest BCUT2D eigenvalue weighted by atomic mass is 10.0. The Morgan fingerprint density at radius 2 is 2.00 bits per heavy atom. The third-order valence-electron chi connectivity index (χ3n) is 5.80. The van der Waals surface area contributed by atoms with Gasteiger partial charge in [-0.3, -0.25) is 14.5 Å². The molecule has 4 rings (SSSR count). The molecule has 0 saturated carbocycles. The fraction of sp³-hybridized carbons (Fsp3) is 0.591. The largest absolute Gasteiger partial charge is 0.508 e. The molecule has 2 amide bonds. The maximum absolute atomic E-state index is 13.6. The number of amides is 2. The monoisotopic (exact) mass is 494 g/mol. The summed E-state index contributed by atoms with van der Waals surface area (Å²) >= 11 is 8.83. The molecule has 3 heterocycles. The first-order chi connectivity index (χ1) is 15.1. The second kappa shape index (κ2) is 9.04. The van der Waals surface area contributed by atoms with Crippen LogP contribution in [-0.4, -0.2) is 77.7 Å². The predicted molar refractivity (Wildman–Crippen MR) is 133 cm³/mol. The van der Waals surface area contributed by atoms with Gasteiger partial charge in [0.05, 0.1) is 12.5 Å². The molecule has 1 aromatic rings. The highest BCUT2D eigenvalue weighted by Crippen LogP contribution is 2.46. The minimum absolute atomic E-state index is 0.00723. The normalized spacial score (nSPS) is 26.2. The van der Waals surface area contributed by atoms with E-state index in [-0.39, 0.29) is 27.7 Å². The highest BCUT2D eigenvalue weighted by molar-refractivity contribution is 8.22. The highest BCUT2D eigenvalue weighted by Gasteiger charge is 2.56. The van der Waals surface area contributed by atoms with E-state index >= 15 is 0 Å². The van der Waals surface area contributed by atoms with Crippen LogP contribution < -0.4 is 5.32 Å². The summed E-state index contributed by atoms with van der Waals surface area (Å²) in [6.07, 6.45) is 0. The number of phenols is 1. The van der Waals surface area contributed by atoms with Crippen molar-refractivity contribution in [2.45, 2.75) is 49.9 Å². The first kappa shape index (κ1) is 23.7. The molecule has 3 aliphatic rings. The maximum Gasteiger partial charge on any atom is 0.249 e. The van der Waals surface area contributed by atoms with Crippen LogP contribution in [0.3, 0.4) is 0 Å². The van der Waals surface area contributed by atoms with Gasteiger partial charge in [0.2, 0.25) is 11.8 Å². The summed E-state index contributed by atoms with van der Waals surface area (Å²) in [5, 5.41) is 12.8. The molecule has 10 heteroatoms. The molecule has 32 heavy (non-hydrogen) atoms. The Morgan fingerprint density at radius 1 is 1.31 bits per heavy atom. The van der Waals surface area contributed by atoms with E-state index in [2.05, 4.69) is 42.8 Å². The van der Waals surface area contributed by atoms with Gasteiger partial charge in [0.15, 0.2) is 0 Å². The first-order valence-electron chi connectivity index (χ1n) is 10.8. The number of aromatic hydroxyl groups is 1. The lowest BCUT2D eigenvalue weighted by Gasteiger charge is -2.44. The third-order valence-corrected chi connectivity index (χ3v) is 8.92. The van der Waals surface area contributed by atoms with E-state index in [4.69, 9.17) is 12.2 Å². The minimum Gasteiger partial charge on any atom is -0.508 e. The van der Waals surface area contributed by atoms with E-state index in [0.29, 0.717) is 25.0 Å². The summed E-state index contributed by atoms with van der Waals surface area (Å²) in [6.45, 7) is 10.6. The van der Waals surface area contributed by atoms with Crippen molar-refractivity contribution < 1.29 is 14.7 Å². The molecule has 0 spiro atoms. The lowest BCUT2D eigenvalue weighted by molar-refractivity contribution is -0.149. The molecule has 174 valence electrons. The molecule has 0 aromatic heterocycles. The van der Waals surface area contributed by atoms with Gasteiger partial charge >= 0.3 is 0 Å². The smallest absolute Gasteiger partial charge is 0.249 e. The van der Waals surface area contributed by atoms with Gasteiger partial charge in [-0.05, 0) is 37.5 Å². The number of thioether (sulfide) groups is 2. The van der Waals surface area contributed by atoms with Crippen molar-refractivity contribution >= 4 is 51.9 Å². The van der Waals surface area contributed by atoms with Crippen LogP contribution in [-0.2, 0) is 9.59 Å². The van der Waals surface area contributed by atoms with Gasteiger partial charge in [-0.15, -0.1) is 11.8 Å². The van der Waals surface area contributed by atoms with Gasteiger partial charge < -0.3 is 20.2 Å². The number of nitrogens with zero attached hydrogens (tertiary/aromatic N) is 3. The SMILES string of the molecule is CC(C)CN1CN(C(C(=O)NC2C(=O)N3CC(C)(C)SC23)c2ccc(O)cc2)CSC1=S. The summed E-state index contributed by atoms with van der Waals surface area (Å²) in [6, 6.07) is 5.64. The fourth-order valence-corrected chi connectivity index (χ4v) is 7.03. The fourth-order valence-electron chi connectivity index (χ4n) is 4.42. The van der Waals surface area contributed by atoms with Crippen LogP contribution in [0.2, 0.25) is 0 Å². The van der Waals surface area contributed by atoms with Gasteiger partial charge in [-0.1, -0.05) is 50.0 Å². The number of nitrogens with one attached hydrogen (secondary N) is 1. The van der Waals surface area contributed by atoms with Crippen molar-refractivity contribution in [1.82, 2.24) is 20.0 Å². The Hall–Kier alpha value is -1.49. The molecule has 3 fully saturated rings. The molecule has 3 atom stereocenters. The summed E-state index contributed by atoms with van der Waals surface area (Å²) in [5.74, 6) is 0.967. The number of hydrogen-bond donors (Lipinski definition) is 2. The van der Waals surface area contributed by atoms with Crippen LogP contribution in [0.1, 0.15) is 39.3 Å². The summed E-state index contributed by atoms with van der Waals surface area (Å²) in [7, 11) is 0. The Bertz CT molecular complexity index is 908. The third kappa shape index (κ3) is 4.73. The number of carbonyl (C=O) groups excluding carboxylic acids is 2. The second-order valence-corrected chi connectivity index (χ2v) is 13.0. The molecular weight excluding hydrogens is 464 g/mol. The first-order valence-corrected chi connectivity index (χ1v) is 13.1. The summed E-state index contributed by atoms with van der Waals surface area (Å²) in [5.41, 5.74) is 0.779. The number of hydrogen-bond acceptors (Lipinski definition) is 7. The Labute approximate surface area is 203 Å². The zero-order chi connectivity index (χ0) is 23.2. The number of carbonyl (C=O) groups is 2. The number of phenolic OH excluding ortho intramolecular Hbond substituents is 1. The van der Waals surface area contributed by atoms with Crippen LogP contribution >= 0.6 is 35.7 Å². The highest BCUT2D eigenvalue weighted by atomic mass is 32.2. The summed E-state index contributed by atoms with van der Waals surface area (Å²) < 4.78 is 0.835. The van der Waals surface area contributed by atoms with E-state index in [0.717, 1.165) is 16.4 Å². The van der Waals surface area contributed by atoms with Crippen LogP contribution in [0.25, 0.3) is 0 Å². The molecule has 0 aliphatic carbocycles. The zero-order valence-corrected chi connectivity index (χ0v) is 21.2. The molecule has 0 radical (unpaired) electrons. The van der Waals surface area contributed by atoms with E-state index in [1.165, 1.54) is 0 Å². The van der Waals surface area contributed by atoms with E-state index < -0.39 is 12.1 Å². The molecule has 3 aliphatic heterocycles. The van der Waals surface area contributed by atoms with E-state index in [1.807, 2.05) is 4.90 Å². The maximum atomic E-state index is 13.6. The van der Waals surface area contributed by atoms with Crippen molar-refractivity contribution in [2.75, 3.05) is 25.6 Å². The molecule has 3 saturated heterocycles. The predicted octanol–water partition coefficient (Wildman–Crippen LogP) is 2.82. The lowest BCUT2D eigenvalue weighted by Crippen LogP contribution is -2.68. The van der Waals surface area contributed by atoms with Gasteiger partial charge in [0, 0.05) is 17.8 Å². The van der Waals surface area contributed by atoms with Crippen molar-refractivity contribution in [1.29, 1.82) is 0 Å². The molecular formula is C22H30N4O3S3. The van der Waals surface area contributed by atoms with E-state index in [9.17, 15) is 14.7 Å². The van der Waals surface area contributed by atoms with Crippen LogP contribution in [0, 0.1) is 5.92 Å². The number of β-lactam (4-membered cyclic amide) rings is 1. The van der Waals surface area contributed by atoms with Crippen LogP contribution in [0.4, 0.5) is 0 Å². The molecule has 2 N–H and O–H groups in total. The topological polar surface area (TPSA) is 76.1 Å². The van der Waals surface area contributed by atoms with E-state index in [1.54, 1.807) is 47.8 Å². The van der Waals surface area contributed by atoms with Crippen molar-refractivity contribution in [3.63, 3.8) is 0 Å². The quantitative estimate of drug-likeness (QED) is 0.462. The Kier molecular flexibility index (Phi) is 6.68. The Morgan fingerprint density at radius 3 is 2.66 bits per heavy atom. The average Bonchev–Trinajstić information content (AvgIpc) is 3.01. The number of fused-ring (bicyclic) bond motifs is 1. The van der Waals surface area contributed by atoms with Gasteiger partial charge in [-0.2, -0.15) is 0 Å². The molecule has 0 bridgehead atoms.